The lowest BCUT2D eigenvalue weighted by molar-refractivity contribution is 0.225. The van der Waals surface area contributed by atoms with E-state index in [1.54, 1.807) is 10.7 Å². The van der Waals surface area contributed by atoms with E-state index in [4.69, 9.17) is 0 Å². The zero-order valence-corrected chi connectivity index (χ0v) is 11.1. The van der Waals surface area contributed by atoms with Gasteiger partial charge >= 0.3 is 0 Å². The third-order valence-corrected chi connectivity index (χ3v) is 4.57. The molecule has 3 rings (SSSR count). The van der Waals surface area contributed by atoms with Crippen molar-refractivity contribution in [2.75, 3.05) is 0 Å². The number of hydrogen-bond acceptors (Lipinski definition) is 3. The molecule has 0 saturated heterocycles. The Morgan fingerprint density at radius 1 is 1.35 bits per heavy atom. The van der Waals surface area contributed by atoms with E-state index in [1.165, 1.54) is 11.3 Å². The second-order valence-corrected chi connectivity index (χ2v) is 5.47. The smallest absolute Gasteiger partial charge is 0.118 e. The first-order valence-electron chi connectivity index (χ1n) is 5.10. The lowest BCUT2D eigenvalue weighted by Crippen LogP contribution is -1.97. The second-order valence-electron chi connectivity index (χ2n) is 3.67. The van der Waals surface area contributed by atoms with Crippen LogP contribution in [0, 0.1) is 0 Å². The van der Waals surface area contributed by atoms with Crippen molar-refractivity contribution in [2.24, 2.45) is 0 Å². The Bertz CT molecular complexity index is 661. The van der Waals surface area contributed by atoms with E-state index in [0.29, 0.717) is 0 Å². The molecular formula is C12H9BrN2OS. The number of aliphatic hydroxyl groups excluding tert-OH is 1. The average molecular weight is 309 g/mol. The van der Waals surface area contributed by atoms with Crippen LogP contribution in [0.3, 0.4) is 0 Å². The molecule has 17 heavy (non-hydrogen) atoms. The minimum absolute atomic E-state index is 0.635. The lowest BCUT2D eigenvalue weighted by Gasteiger charge is -2.07. The predicted molar refractivity (Wildman–Crippen MR) is 71.3 cm³/mol. The maximum atomic E-state index is 10.4. The van der Waals surface area contributed by atoms with Gasteiger partial charge < -0.3 is 5.11 Å². The van der Waals surface area contributed by atoms with Crippen molar-refractivity contribution in [3.8, 4) is 0 Å². The van der Waals surface area contributed by atoms with Crippen molar-refractivity contribution >= 4 is 32.8 Å². The fourth-order valence-electron chi connectivity index (χ4n) is 1.81. The molecule has 0 aliphatic carbocycles. The van der Waals surface area contributed by atoms with Crippen LogP contribution in [0.2, 0.25) is 0 Å². The van der Waals surface area contributed by atoms with Gasteiger partial charge in [0.25, 0.3) is 0 Å². The molecule has 0 spiro atoms. The molecule has 0 amide bonds. The normalized spacial score (nSPS) is 13.1. The molecule has 1 unspecified atom stereocenters. The highest BCUT2D eigenvalue weighted by Crippen LogP contribution is 2.34. The third-order valence-electron chi connectivity index (χ3n) is 2.64. The third kappa shape index (κ3) is 1.80. The summed E-state index contributed by atoms with van der Waals surface area (Å²) in [6, 6.07) is 7.75. The Morgan fingerprint density at radius 2 is 2.24 bits per heavy atom. The molecule has 86 valence electrons. The van der Waals surface area contributed by atoms with E-state index in [1.807, 2.05) is 35.8 Å². The maximum absolute atomic E-state index is 10.4. The molecule has 0 radical (unpaired) electrons. The van der Waals surface area contributed by atoms with E-state index in [2.05, 4.69) is 21.0 Å². The fraction of sp³-hybridized carbons (Fsp3) is 0.0833. The van der Waals surface area contributed by atoms with Gasteiger partial charge in [-0.15, -0.1) is 11.3 Å². The molecule has 5 heteroatoms. The van der Waals surface area contributed by atoms with Crippen molar-refractivity contribution in [1.29, 1.82) is 0 Å². The Kier molecular flexibility index (Phi) is 2.74. The fourth-order valence-corrected chi connectivity index (χ4v) is 3.40. The molecule has 3 aromatic rings. The number of fused-ring (bicyclic) bond motifs is 1. The monoisotopic (exact) mass is 308 g/mol. The lowest BCUT2D eigenvalue weighted by atomic mass is 10.1. The number of pyridine rings is 1. The van der Waals surface area contributed by atoms with Gasteiger partial charge in [-0.2, -0.15) is 5.10 Å². The number of rotatable bonds is 2. The van der Waals surface area contributed by atoms with Gasteiger partial charge in [-0.25, -0.2) is 4.52 Å². The van der Waals surface area contributed by atoms with Crippen LogP contribution in [-0.4, -0.2) is 14.7 Å². The van der Waals surface area contributed by atoms with E-state index < -0.39 is 6.10 Å². The first-order valence-corrected chi connectivity index (χ1v) is 6.78. The highest BCUT2D eigenvalue weighted by Gasteiger charge is 2.18. The molecule has 0 saturated carbocycles. The van der Waals surface area contributed by atoms with Gasteiger partial charge in [0.05, 0.1) is 16.6 Å². The SMILES string of the molecule is OC(c1sccc1Br)c1cnn2ccccc12. The first kappa shape index (κ1) is 11.0. The van der Waals surface area contributed by atoms with Gasteiger partial charge in [-0.3, -0.25) is 0 Å². The summed E-state index contributed by atoms with van der Waals surface area (Å²) in [6.45, 7) is 0. The minimum atomic E-state index is -0.635. The van der Waals surface area contributed by atoms with E-state index in [0.717, 1.165) is 20.4 Å². The minimum Gasteiger partial charge on any atom is -0.383 e. The molecule has 3 aromatic heterocycles. The molecule has 0 aromatic carbocycles. The standard InChI is InChI=1S/C12H9BrN2OS/c13-9-4-6-17-12(9)11(16)8-7-14-15-5-2-1-3-10(8)15/h1-7,11,16H. The molecule has 3 nitrogen and oxygen atoms in total. The van der Waals surface area contributed by atoms with Crippen LogP contribution in [0.5, 0.6) is 0 Å². The summed E-state index contributed by atoms with van der Waals surface area (Å²) in [5, 5.41) is 16.6. The van der Waals surface area contributed by atoms with Crippen molar-refractivity contribution in [2.45, 2.75) is 6.10 Å². The number of halogens is 1. The Morgan fingerprint density at radius 3 is 3.00 bits per heavy atom. The summed E-state index contributed by atoms with van der Waals surface area (Å²) in [5.41, 5.74) is 1.76. The van der Waals surface area contributed by atoms with Gasteiger partial charge in [-0.1, -0.05) is 6.07 Å². The largest absolute Gasteiger partial charge is 0.383 e. The van der Waals surface area contributed by atoms with Crippen LogP contribution in [0.4, 0.5) is 0 Å². The highest BCUT2D eigenvalue weighted by atomic mass is 79.9. The van der Waals surface area contributed by atoms with Gasteiger partial charge in [-0.05, 0) is 39.5 Å². The highest BCUT2D eigenvalue weighted by molar-refractivity contribution is 9.10. The maximum Gasteiger partial charge on any atom is 0.118 e. The van der Waals surface area contributed by atoms with Crippen LogP contribution >= 0.6 is 27.3 Å². The van der Waals surface area contributed by atoms with E-state index in [9.17, 15) is 5.11 Å². The summed E-state index contributed by atoms with van der Waals surface area (Å²) in [4.78, 5) is 0.906. The zero-order chi connectivity index (χ0) is 11.8. The van der Waals surface area contributed by atoms with Crippen molar-refractivity contribution in [1.82, 2.24) is 9.61 Å². The quantitative estimate of drug-likeness (QED) is 0.789. The van der Waals surface area contributed by atoms with Crippen LogP contribution in [0.1, 0.15) is 16.5 Å². The number of thiophene rings is 1. The number of hydrogen-bond donors (Lipinski definition) is 1. The molecule has 1 N–H and O–H groups in total. The van der Waals surface area contributed by atoms with Gasteiger partial charge in [0.1, 0.15) is 6.10 Å². The molecule has 0 fully saturated rings. The Hall–Kier alpha value is -1.17. The molecular weight excluding hydrogens is 300 g/mol. The first-order chi connectivity index (χ1) is 8.27. The number of nitrogens with zero attached hydrogens (tertiary/aromatic N) is 2. The number of aliphatic hydroxyl groups is 1. The Balaban J connectivity index is 2.13. The van der Waals surface area contributed by atoms with Crippen molar-refractivity contribution in [3.05, 3.63) is 57.0 Å². The van der Waals surface area contributed by atoms with Crippen LogP contribution in [-0.2, 0) is 0 Å². The molecule has 1 atom stereocenters. The summed E-state index contributed by atoms with van der Waals surface area (Å²) in [7, 11) is 0. The molecule has 0 aliphatic heterocycles. The van der Waals surface area contributed by atoms with E-state index in [-0.39, 0.29) is 0 Å². The summed E-state index contributed by atoms with van der Waals surface area (Å²) < 4.78 is 2.70. The van der Waals surface area contributed by atoms with Crippen LogP contribution < -0.4 is 0 Å². The topological polar surface area (TPSA) is 37.5 Å². The summed E-state index contributed by atoms with van der Waals surface area (Å²) in [5.74, 6) is 0. The van der Waals surface area contributed by atoms with Crippen LogP contribution in [0.15, 0.2) is 46.5 Å². The molecule has 0 bridgehead atoms. The number of aromatic nitrogens is 2. The zero-order valence-electron chi connectivity index (χ0n) is 8.75. The van der Waals surface area contributed by atoms with Crippen molar-refractivity contribution in [3.63, 3.8) is 0 Å². The average Bonchev–Trinajstić information content (AvgIpc) is 2.94. The van der Waals surface area contributed by atoms with Crippen LogP contribution in [0.25, 0.3) is 5.52 Å². The Labute approximate surface area is 110 Å². The van der Waals surface area contributed by atoms with Gasteiger partial charge in [0.15, 0.2) is 0 Å². The summed E-state index contributed by atoms with van der Waals surface area (Å²) in [6.07, 6.45) is 2.95. The molecule has 0 aliphatic rings. The predicted octanol–water partition coefficient (Wildman–Crippen LogP) is 3.24. The van der Waals surface area contributed by atoms with E-state index >= 15 is 0 Å². The van der Waals surface area contributed by atoms with Crippen molar-refractivity contribution < 1.29 is 5.11 Å². The summed E-state index contributed by atoms with van der Waals surface area (Å²) >= 11 is 4.97. The van der Waals surface area contributed by atoms with Gasteiger partial charge in [0, 0.05) is 16.2 Å². The van der Waals surface area contributed by atoms with Gasteiger partial charge in [0.2, 0.25) is 0 Å². The second kappa shape index (κ2) is 4.25. The molecule has 3 heterocycles.